The molecule has 2 aliphatic heterocycles. The number of nitrogens with zero attached hydrogens (tertiary/aromatic N) is 6. The zero-order valence-electron chi connectivity index (χ0n) is 19.0. The molecule has 0 spiro atoms. The molecule has 11 heteroatoms. The summed E-state index contributed by atoms with van der Waals surface area (Å²) in [6.07, 6.45) is 3.49. The van der Waals surface area contributed by atoms with E-state index in [0.717, 1.165) is 36.8 Å². The lowest BCUT2D eigenvalue weighted by Gasteiger charge is -2.39. The van der Waals surface area contributed by atoms with Gasteiger partial charge < -0.3 is 24.5 Å². The van der Waals surface area contributed by atoms with Gasteiger partial charge in [-0.1, -0.05) is 11.2 Å². The van der Waals surface area contributed by atoms with Gasteiger partial charge in [-0.2, -0.15) is 0 Å². The van der Waals surface area contributed by atoms with E-state index in [4.69, 9.17) is 4.52 Å². The SMILES string of the molecule is Cc1cc(NC(=O)c2csc(C3CCN(C(=O)N4CCN(c5ccccn5)CC4)CC3)n2)no1. The van der Waals surface area contributed by atoms with Crippen molar-refractivity contribution in [2.75, 3.05) is 49.5 Å². The Labute approximate surface area is 201 Å². The highest BCUT2D eigenvalue weighted by molar-refractivity contribution is 7.10. The van der Waals surface area contributed by atoms with Gasteiger partial charge in [0.05, 0.1) is 5.01 Å². The van der Waals surface area contributed by atoms with Gasteiger partial charge >= 0.3 is 6.03 Å². The second kappa shape index (κ2) is 9.80. The van der Waals surface area contributed by atoms with Crippen LogP contribution in [0.4, 0.5) is 16.4 Å². The molecule has 0 saturated carbocycles. The predicted molar refractivity (Wildman–Crippen MR) is 128 cm³/mol. The number of likely N-dealkylation sites (tertiary alicyclic amines) is 1. The smallest absolute Gasteiger partial charge is 0.320 e. The van der Waals surface area contributed by atoms with Gasteiger partial charge in [0.1, 0.15) is 17.3 Å². The number of pyridine rings is 1. The standard InChI is InChI=1S/C23H27N7O3S/c1-16-14-19(27-33-16)26-21(31)18-15-34-22(25-18)17-5-8-29(9-6-17)23(32)30-12-10-28(11-13-30)20-4-2-3-7-24-20/h2-4,7,14-15,17H,5-6,8-13H2,1H3,(H,26,27,31). The first-order valence-electron chi connectivity index (χ1n) is 11.5. The van der Waals surface area contributed by atoms with E-state index in [9.17, 15) is 9.59 Å². The predicted octanol–water partition coefficient (Wildman–Crippen LogP) is 3.21. The van der Waals surface area contributed by atoms with E-state index in [1.807, 2.05) is 28.0 Å². The quantitative estimate of drug-likeness (QED) is 0.610. The molecule has 178 valence electrons. The number of anilines is 2. The van der Waals surface area contributed by atoms with Gasteiger partial charge in [0.15, 0.2) is 5.82 Å². The van der Waals surface area contributed by atoms with Crippen molar-refractivity contribution >= 4 is 34.9 Å². The molecule has 3 aromatic heterocycles. The topological polar surface area (TPSA) is 108 Å². The molecule has 0 aromatic carbocycles. The molecule has 3 amide bonds. The molecule has 2 fully saturated rings. The minimum Gasteiger partial charge on any atom is -0.360 e. The molecule has 1 N–H and O–H groups in total. The fraction of sp³-hybridized carbons (Fsp3) is 0.435. The zero-order chi connectivity index (χ0) is 23.5. The van der Waals surface area contributed by atoms with Gasteiger partial charge in [0.2, 0.25) is 0 Å². The lowest BCUT2D eigenvalue weighted by atomic mass is 9.98. The van der Waals surface area contributed by atoms with E-state index in [0.29, 0.717) is 43.5 Å². The van der Waals surface area contributed by atoms with Crippen LogP contribution in [0.2, 0.25) is 0 Å². The van der Waals surface area contributed by atoms with Gasteiger partial charge in [0, 0.05) is 62.8 Å². The Bertz CT molecular complexity index is 1130. The van der Waals surface area contributed by atoms with Crippen LogP contribution in [0.25, 0.3) is 0 Å². The van der Waals surface area contributed by atoms with E-state index in [-0.39, 0.29) is 17.9 Å². The first-order chi connectivity index (χ1) is 16.6. The number of hydrogen-bond donors (Lipinski definition) is 1. The average Bonchev–Trinajstić information content (AvgIpc) is 3.54. The monoisotopic (exact) mass is 481 g/mol. The number of carbonyl (C=O) groups is 2. The number of urea groups is 1. The molecular formula is C23H27N7O3S. The van der Waals surface area contributed by atoms with E-state index in [1.165, 1.54) is 11.3 Å². The third kappa shape index (κ3) is 4.89. The number of aryl methyl sites for hydroxylation is 1. The van der Waals surface area contributed by atoms with Crippen molar-refractivity contribution in [1.29, 1.82) is 0 Å². The summed E-state index contributed by atoms with van der Waals surface area (Å²) in [6, 6.07) is 7.68. The Hall–Kier alpha value is -3.47. The van der Waals surface area contributed by atoms with Crippen LogP contribution in [0.5, 0.6) is 0 Å². The van der Waals surface area contributed by atoms with Crippen LogP contribution in [-0.4, -0.2) is 76.1 Å². The molecule has 0 bridgehead atoms. The van der Waals surface area contributed by atoms with Crippen molar-refractivity contribution in [1.82, 2.24) is 24.9 Å². The van der Waals surface area contributed by atoms with Crippen molar-refractivity contribution in [3.05, 3.63) is 52.3 Å². The molecule has 5 heterocycles. The highest BCUT2D eigenvalue weighted by atomic mass is 32.1. The Kier molecular flexibility index (Phi) is 6.43. The molecule has 2 aliphatic rings. The normalized spacial score (nSPS) is 17.1. The van der Waals surface area contributed by atoms with Crippen LogP contribution in [0.1, 0.15) is 40.0 Å². The highest BCUT2D eigenvalue weighted by Gasteiger charge is 2.30. The number of nitrogens with one attached hydrogen (secondary N) is 1. The summed E-state index contributed by atoms with van der Waals surface area (Å²) in [6.45, 7) is 6.14. The number of piperazine rings is 1. The fourth-order valence-corrected chi connectivity index (χ4v) is 5.34. The van der Waals surface area contributed by atoms with Gasteiger partial charge in [-0.15, -0.1) is 11.3 Å². The van der Waals surface area contributed by atoms with Crippen molar-refractivity contribution in [2.24, 2.45) is 0 Å². The lowest BCUT2D eigenvalue weighted by Crippen LogP contribution is -2.54. The van der Waals surface area contributed by atoms with Crippen LogP contribution in [0.3, 0.4) is 0 Å². The molecule has 10 nitrogen and oxygen atoms in total. The third-order valence-electron chi connectivity index (χ3n) is 6.26. The lowest BCUT2D eigenvalue weighted by molar-refractivity contribution is 0.102. The Morgan fingerprint density at radius 1 is 1.09 bits per heavy atom. The van der Waals surface area contributed by atoms with Crippen molar-refractivity contribution in [3.63, 3.8) is 0 Å². The summed E-state index contributed by atoms with van der Waals surface area (Å²) in [5.74, 6) is 1.93. The zero-order valence-corrected chi connectivity index (χ0v) is 19.8. The maximum atomic E-state index is 13.0. The van der Waals surface area contributed by atoms with Crippen LogP contribution < -0.4 is 10.2 Å². The van der Waals surface area contributed by atoms with Crippen LogP contribution >= 0.6 is 11.3 Å². The van der Waals surface area contributed by atoms with E-state index in [2.05, 4.69) is 25.3 Å². The molecule has 0 aliphatic carbocycles. The Morgan fingerprint density at radius 3 is 2.53 bits per heavy atom. The van der Waals surface area contributed by atoms with Crippen molar-refractivity contribution in [2.45, 2.75) is 25.7 Å². The average molecular weight is 482 g/mol. The summed E-state index contributed by atoms with van der Waals surface area (Å²) in [5, 5.41) is 9.20. The number of piperidine rings is 1. The summed E-state index contributed by atoms with van der Waals surface area (Å²) in [5.41, 5.74) is 0.380. The first kappa shape index (κ1) is 22.3. The minimum absolute atomic E-state index is 0.112. The summed E-state index contributed by atoms with van der Waals surface area (Å²) >= 11 is 1.49. The first-order valence-corrected chi connectivity index (χ1v) is 12.3. The maximum absolute atomic E-state index is 13.0. The molecule has 0 atom stereocenters. The van der Waals surface area contributed by atoms with Gasteiger partial charge in [-0.3, -0.25) is 4.79 Å². The Morgan fingerprint density at radius 2 is 1.85 bits per heavy atom. The number of hydrogen-bond acceptors (Lipinski definition) is 8. The molecule has 3 aromatic rings. The van der Waals surface area contributed by atoms with Crippen molar-refractivity contribution < 1.29 is 14.1 Å². The van der Waals surface area contributed by atoms with Gasteiger partial charge in [-0.25, -0.2) is 14.8 Å². The summed E-state index contributed by atoms with van der Waals surface area (Å²) in [4.78, 5) is 40.6. The molecule has 34 heavy (non-hydrogen) atoms. The molecular weight excluding hydrogens is 454 g/mol. The number of amides is 3. The van der Waals surface area contributed by atoms with Crippen LogP contribution in [0, 0.1) is 6.92 Å². The van der Waals surface area contributed by atoms with E-state index in [1.54, 1.807) is 24.6 Å². The molecule has 5 rings (SSSR count). The number of thiazole rings is 1. The van der Waals surface area contributed by atoms with E-state index < -0.39 is 0 Å². The summed E-state index contributed by atoms with van der Waals surface area (Å²) < 4.78 is 4.98. The van der Waals surface area contributed by atoms with Gasteiger partial charge in [-0.05, 0) is 31.9 Å². The van der Waals surface area contributed by atoms with E-state index >= 15 is 0 Å². The van der Waals surface area contributed by atoms with Crippen LogP contribution in [-0.2, 0) is 0 Å². The van der Waals surface area contributed by atoms with Crippen molar-refractivity contribution in [3.8, 4) is 0 Å². The highest BCUT2D eigenvalue weighted by Crippen LogP contribution is 2.31. The largest absolute Gasteiger partial charge is 0.360 e. The molecule has 0 unspecified atom stereocenters. The second-order valence-corrected chi connectivity index (χ2v) is 9.44. The van der Waals surface area contributed by atoms with Gasteiger partial charge in [0.25, 0.3) is 5.91 Å². The summed E-state index contributed by atoms with van der Waals surface area (Å²) in [7, 11) is 0. The maximum Gasteiger partial charge on any atom is 0.320 e. The fourth-order valence-electron chi connectivity index (χ4n) is 4.37. The number of carbonyl (C=O) groups excluding carboxylic acids is 2. The second-order valence-electron chi connectivity index (χ2n) is 8.55. The Balaban J connectivity index is 1.10. The molecule has 0 radical (unpaired) electrons. The number of aromatic nitrogens is 3. The minimum atomic E-state index is -0.298. The van der Waals surface area contributed by atoms with Crippen LogP contribution in [0.15, 0.2) is 40.4 Å². The number of rotatable bonds is 4. The molecule has 2 saturated heterocycles. The third-order valence-corrected chi connectivity index (χ3v) is 7.27.